The van der Waals surface area contributed by atoms with E-state index in [0.29, 0.717) is 6.42 Å². The number of hydrogen-bond donors (Lipinski definition) is 2. The monoisotopic (exact) mass is 282 g/mol. The van der Waals surface area contributed by atoms with Crippen LogP contribution in [0, 0.1) is 0 Å². The highest BCUT2D eigenvalue weighted by atomic mass is 32.2. The number of nitrogens with zero attached hydrogens (tertiary/aromatic N) is 2. The molecule has 104 valence electrons. The maximum atomic E-state index is 11.3. The summed E-state index contributed by atoms with van der Waals surface area (Å²) in [6.07, 6.45) is 1.68. The van der Waals surface area contributed by atoms with Gasteiger partial charge in [-0.1, -0.05) is 18.2 Å². The summed E-state index contributed by atoms with van der Waals surface area (Å²) in [5.41, 5.74) is 4.43. The van der Waals surface area contributed by atoms with Gasteiger partial charge in [0.25, 0.3) is 0 Å². The Kier molecular flexibility index (Phi) is 3.88. The van der Waals surface area contributed by atoms with Crippen molar-refractivity contribution in [3.63, 3.8) is 0 Å². The van der Waals surface area contributed by atoms with Crippen molar-refractivity contribution in [2.75, 3.05) is 12.0 Å². The van der Waals surface area contributed by atoms with Gasteiger partial charge in [0.1, 0.15) is 9.84 Å². The molecular weight excluding hydrogens is 264 g/mol. The summed E-state index contributed by atoms with van der Waals surface area (Å²) in [4.78, 5) is 0. The lowest BCUT2D eigenvalue weighted by atomic mass is 10.1. The average molecular weight is 282 g/mol. The summed E-state index contributed by atoms with van der Waals surface area (Å²) in [6, 6.07) is 7.50. The molecular formula is C12H18N4O2S. The van der Waals surface area contributed by atoms with Crippen LogP contribution in [0.15, 0.2) is 24.3 Å². The van der Waals surface area contributed by atoms with Crippen molar-refractivity contribution in [2.24, 2.45) is 12.9 Å². The minimum Gasteiger partial charge on any atom is -0.271 e. The van der Waals surface area contributed by atoms with E-state index in [1.165, 1.54) is 6.26 Å². The fourth-order valence-corrected chi connectivity index (χ4v) is 3.15. The second-order valence-electron chi connectivity index (χ2n) is 4.75. The van der Waals surface area contributed by atoms with Gasteiger partial charge in [0.2, 0.25) is 0 Å². The van der Waals surface area contributed by atoms with Crippen molar-refractivity contribution in [2.45, 2.75) is 12.5 Å². The Morgan fingerprint density at radius 3 is 2.74 bits per heavy atom. The standard InChI is InChI=1S/C12H18N4O2S/c1-16-12-6-4-3-5-10(12)11(15-16)7-9(14-13)8-19(2,17)18/h3-6,9,14H,7-8,13H2,1-2H3. The van der Waals surface area contributed by atoms with E-state index in [-0.39, 0.29) is 11.8 Å². The molecule has 0 aliphatic heterocycles. The van der Waals surface area contributed by atoms with Crippen LogP contribution in [-0.4, -0.2) is 36.2 Å². The van der Waals surface area contributed by atoms with Crippen molar-refractivity contribution < 1.29 is 8.42 Å². The Morgan fingerprint density at radius 1 is 1.42 bits per heavy atom. The van der Waals surface area contributed by atoms with Gasteiger partial charge in [-0.05, 0) is 6.07 Å². The summed E-state index contributed by atoms with van der Waals surface area (Å²) in [5, 5.41) is 5.46. The third kappa shape index (κ3) is 3.31. The first-order valence-corrected chi connectivity index (χ1v) is 8.01. The highest BCUT2D eigenvalue weighted by molar-refractivity contribution is 7.90. The van der Waals surface area contributed by atoms with Crippen LogP contribution in [0.3, 0.4) is 0 Å². The molecule has 1 unspecified atom stereocenters. The maximum Gasteiger partial charge on any atom is 0.149 e. The number of hydrogen-bond acceptors (Lipinski definition) is 5. The van der Waals surface area contributed by atoms with E-state index in [1.54, 1.807) is 4.68 Å². The number of nitrogens with two attached hydrogens (primary N) is 1. The number of nitrogens with one attached hydrogen (secondary N) is 1. The molecule has 0 amide bonds. The molecule has 0 bridgehead atoms. The minimum absolute atomic E-state index is 0.00555. The van der Waals surface area contributed by atoms with Crippen LogP contribution in [0.1, 0.15) is 5.69 Å². The van der Waals surface area contributed by atoms with Crippen molar-refractivity contribution in [1.82, 2.24) is 15.2 Å². The first-order valence-electron chi connectivity index (χ1n) is 5.95. The Balaban J connectivity index is 2.30. The van der Waals surface area contributed by atoms with Gasteiger partial charge >= 0.3 is 0 Å². The van der Waals surface area contributed by atoms with Crippen molar-refractivity contribution in [3.8, 4) is 0 Å². The first kappa shape index (κ1) is 14.0. The molecule has 7 heteroatoms. The number of para-hydroxylation sites is 1. The summed E-state index contributed by atoms with van der Waals surface area (Å²) in [7, 11) is -1.21. The zero-order chi connectivity index (χ0) is 14.0. The van der Waals surface area contributed by atoms with E-state index in [0.717, 1.165) is 16.6 Å². The lowest BCUT2D eigenvalue weighted by Gasteiger charge is -2.13. The van der Waals surface area contributed by atoms with Gasteiger partial charge in [-0.25, -0.2) is 8.42 Å². The van der Waals surface area contributed by atoms with Crippen LogP contribution in [0.2, 0.25) is 0 Å². The molecule has 3 N–H and O–H groups in total. The molecule has 0 radical (unpaired) electrons. The van der Waals surface area contributed by atoms with Crippen molar-refractivity contribution in [3.05, 3.63) is 30.0 Å². The van der Waals surface area contributed by atoms with Gasteiger partial charge in [-0.3, -0.25) is 16.0 Å². The Labute approximate surface area is 112 Å². The molecule has 2 rings (SSSR count). The zero-order valence-electron chi connectivity index (χ0n) is 11.0. The van der Waals surface area contributed by atoms with Gasteiger partial charge < -0.3 is 0 Å². The summed E-state index contributed by atoms with van der Waals surface area (Å²) in [5.74, 6) is 5.42. The Bertz CT molecular complexity index is 678. The average Bonchev–Trinajstić information content (AvgIpc) is 2.65. The number of rotatable bonds is 5. The molecule has 6 nitrogen and oxygen atoms in total. The number of fused-ring (bicyclic) bond motifs is 1. The number of aromatic nitrogens is 2. The van der Waals surface area contributed by atoms with E-state index >= 15 is 0 Å². The van der Waals surface area contributed by atoms with E-state index in [1.807, 2.05) is 31.3 Å². The number of benzene rings is 1. The third-order valence-electron chi connectivity index (χ3n) is 3.01. The van der Waals surface area contributed by atoms with E-state index in [9.17, 15) is 8.42 Å². The predicted molar refractivity (Wildman–Crippen MR) is 75.2 cm³/mol. The topological polar surface area (TPSA) is 90.0 Å². The van der Waals surface area contributed by atoms with Gasteiger partial charge in [0.15, 0.2) is 0 Å². The molecule has 1 aromatic carbocycles. The van der Waals surface area contributed by atoms with E-state index < -0.39 is 9.84 Å². The lowest BCUT2D eigenvalue weighted by molar-refractivity contribution is 0.540. The van der Waals surface area contributed by atoms with Crippen LogP contribution in [-0.2, 0) is 23.3 Å². The maximum absolute atomic E-state index is 11.3. The largest absolute Gasteiger partial charge is 0.271 e. The minimum atomic E-state index is -3.08. The number of hydrazine groups is 1. The third-order valence-corrected chi connectivity index (χ3v) is 4.02. The molecule has 1 heterocycles. The second-order valence-corrected chi connectivity index (χ2v) is 6.93. The Morgan fingerprint density at radius 2 is 2.11 bits per heavy atom. The highest BCUT2D eigenvalue weighted by Crippen LogP contribution is 2.18. The normalized spacial score (nSPS) is 13.8. The zero-order valence-corrected chi connectivity index (χ0v) is 11.8. The van der Waals surface area contributed by atoms with E-state index in [2.05, 4.69) is 10.5 Å². The lowest BCUT2D eigenvalue weighted by Crippen LogP contribution is -2.41. The molecule has 2 aromatic rings. The highest BCUT2D eigenvalue weighted by Gasteiger charge is 2.18. The summed E-state index contributed by atoms with van der Waals surface area (Å²) < 4.78 is 24.5. The predicted octanol–water partition coefficient (Wildman–Crippen LogP) is -0.00770. The van der Waals surface area contributed by atoms with Gasteiger partial charge in [0.05, 0.1) is 17.0 Å². The van der Waals surface area contributed by atoms with Gasteiger partial charge in [-0.15, -0.1) is 0 Å². The smallest absolute Gasteiger partial charge is 0.149 e. The molecule has 0 spiro atoms. The van der Waals surface area contributed by atoms with Crippen molar-refractivity contribution in [1.29, 1.82) is 0 Å². The molecule has 1 aromatic heterocycles. The summed E-state index contributed by atoms with van der Waals surface area (Å²) >= 11 is 0. The molecule has 0 fully saturated rings. The molecule has 0 saturated carbocycles. The first-order chi connectivity index (χ1) is 8.90. The molecule has 0 aliphatic carbocycles. The number of aryl methyl sites for hydroxylation is 1. The van der Waals surface area contributed by atoms with Gasteiger partial charge in [0, 0.05) is 31.2 Å². The SMILES string of the molecule is Cn1nc(CC(CS(C)(=O)=O)NN)c2ccccc21. The van der Waals surface area contributed by atoms with Crippen LogP contribution in [0.25, 0.3) is 10.9 Å². The van der Waals surface area contributed by atoms with Crippen LogP contribution >= 0.6 is 0 Å². The molecule has 1 atom stereocenters. The number of sulfone groups is 1. The quantitative estimate of drug-likeness (QED) is 0.595. The second kappa shape index (κ2) is 5.28. The molecule has 0 aliphatic rings. The van der Waals surface area contributed by atoms with Crippen molar-refractivity contribution >= 4 is 20.7 Å². The van der Waals surface area contributed by atoms with E-state index in [4.69, 9.17) is 5.84 Å². The van der Waals surface area contributed by atoms with Gasteiger partial charge in [-0.2, -0.15) is 5.10 Å². The van der Waals surface area contributed by atoms with Crippen LogP contribution < -0.4 is 11.3 Å². The van der Waals surface area contributed by atoms with Crippen LogP contribution in [0.4, 0.5) is 0 Å². The summed E-state index contributed by atoms with van der Waals surface area (Å²) in [6.45, 7) is 0. The Hall–Kier alpha value is -1.44. The fraction of sp³-hybridized carbons (Fsp3) is 0.417. The van der Waals surface area contributed by atoms with Crippen LogP contribution in [0.5, 0.6) is 0 Å². The molecule has 19 heavy (non-hydrogen) atoms. The molecule has 0 saturated heterocycles. The fourth-order valence-electron chi connectivity index (χ4n) is 2.20.